The van der Waals surface area contributed by atoms with Gasteiger partial charge in [0.05, 0.1) is 0 Å². The van der Waals surface area contributed by atoms with E-state index >= 15 is 0 Å². The third-order valence-corrected chi connectivity index (χ3v) is 1.79. The summed E-state index contributed by atoms with van der Waals surface area (Å²) >= 11 is 0. The number of hydrogen-bond acceptors (Lipinski definition) is 1. The van der Waals surface area contributed by atoms with E-state index in [1.165, 1.54) is 38.8 Å². The second-order valence-corrected chi connectivity index (χ2v) is 3.21. The van der Waals surface area contributed by atoms with Gasteiger partial charge < -0.3 is 4.90 Å². The Bertz CT molecular complexity index is 102. The minimum Gasteiger partial charge on any atom is -0.378 e. The molecule has 0 saturated carbocycles. The van der Waals surface area contributed by atoms with Gasteiger partial charge in [-0.25, -0.2) is 0 Å². The molecule has 1 heteroatoms. The van der Waals surface area contributed by atoms with Crippen molar-refractivity contribution in [2.75, 3.05) is 13.1 Å². The van der Waals surface area contributed by atoms with E-state index in [1.54, 1.807) is 0 Å². The van der Waals surface area contributed by atoms with Crippen LogP contribution in [0.15, 0.2) is 12.3 Å². The van der Waals surface area contributed by atoms with Crippen molar-refractivity contribution in [1.82, 2.24) is 4.90 Å². The summed E-state index contributed by atoms with van der Waals surface area (Å²) in [5.41, 5.74) is 0. The minimum absolute atomic E-state index is 1.20. The predicted octanol–water partition coefficient (Wildman–Crippen LogP) is 3.42. The molecule has 1 nitrogen and oxygen atoms in total. The molecule has 0 saturated heterocycles. The topological polar surface area (TPSA) is 3.24 Å². The predicted molar refractivity (Wildman–Crippen MR) is 56.2 cm³/mol. The Hall–Kier alpha value is -0.460. The Labute approximate surface area is 77.5 Å². The van der Waals surface area contributed by atoms with Crippen LogP contribution in [0.1, 0.15) is 46.5 Å². The molecule has 0 aromatic heterocycles. The zero-order valence-electron chi connectivity index (χ0n) is 8.84. The monoisotopic (exact) mass is 169 g/mol. The summed E-state index contributed by atoms with van der Waals surface area (Å²) in [5.74, 6) is 0. The van der Waals surface area contributed by atoms with E-state index in [2.05, 4.69) is 37.9 Å². The summed E-state index contributed by atoms with van der Waals surface area (Å²) in [7, 11) is 0. The van der Waals surface area contributed by atoms with E-state index in [1.807, 2.05) is 0 Å². The zero-order valence-corrected chi connectivity index (χ0v) is 8.84. The number of nitrogens with zero attached hydrogens (tertiary/aromatic N) is 1. The lowest BCUT2D eigenvalue weighted by atomic mass is 10.3. The fourth-order valence-corrected chi connectivity index (χ4v) is 1.23. The molecule has 0 bridgehead atoms. The van der Waals surface area contributed by atoms with Gasteiger partial charge in [0, 0.05) is 13.1 Å². The lowest BCUT2D eigenvalue weighted by molar-refractivity contribution is 0.374. The smallest absolute Gasteiger partial charge is 0.0169 e. The normalized spacial score (nSPS) is 10.9. The average molecular weight is 169 g/mol. The van der Waals surface area contributed by atoms with E-state index in [4.69, 9.17) is 0 Å². The highest BCUT2D eigenvalue weighted by Gasteiger charge is 1.93. The first kappa shape index (κ1) is 11.5. The van der Waals surface area contributed by atoms with Gasteiger partial charge in [-0.1, -0.05) is 33.3 Å². The largest absolute Gasteiger partial charge is 0.378 e. The highest BCUT2D eigenvalue weighted by Crippen LogP contribution is 1.97. The molecule has 0 unspecified atom stereocenters. The fourth-order valence-electron chi connectivity index (χ4n) is 1.23. The summed E-state index contributed by atoms with van der Waals surface area (Å²) in [4.78, 5) is 2.41. The molecule has 0 atom stereocenters. The van der Waals surface area contributed by atoms with Gasteiger partial charge in [-0.15, -0.1) is 0 Å². The Morgan fingerprint density at radius 1 is 0.917 bits per heavy atom. The van der Waals surface area contributed by atoms with Gasteiger partial charge in [0.25, 0.3) is 0 Å². The number of unbranched alkanes of at least 4 members (excludes halogenated alkanes) is 1. The maximum absolute atomic E-state index is 2.41. The summed E-state index contributed by atoms with van der Waals surface area (Å²) in [6.45, 7) is 9.09. The van der Waals surface area contributed by atoms with Gasteiger partial charge in [0.1, 0.15) is 0 Å². The van der Waals surface area contributed by atoms with E-state index in [9.17, 15) is 0 Å². The molecule has 0 fully saturated rings. The highest BCUT2D eigenvalue weighted by atomic mass is 15.1. The van der Waals surface area contributed by atoms with Crippen LogP contribution in [-0.4, -0.2) is 18.0 Å². The lowest BCUT2D eigenvalue weighted by Crippen LogP contribution is -2.18. The van der Waals surface area contributed by atoms with Crippen LogP contribution in [0.5, 0.6) is 0 Å². The molecule has 0 aliphatic rings. The van der Waals surface area contributed by atoms with Crippen molar-refractivity contribution in [1.29, 1.82) is 0 Å². The number of hydrogen-bond donors (Lipinski definition) is 0. The molecule has 0 rings (SSSR count). The van der Waals surface area contributed by atoms with Crippen LogP contribution >= 0.6 is 0 Å². The maximum atomic E-state index is 2.41. The van der Waals surface area contributed by atoms with Crippen molar-refractivity contribution < 1.29 is 0 Å². The van der Waals surface area contributed by atoms with Crippen LogP contribution in [0.25, 0.3) is 0 Å². The van der Waals surface area contributed by atoms with E-state index in [-0.39, 0.29) is 0 Å². The summed E-state index contributed by atoms with van der Waals surface area (Å²) in [6.07, 6.45) is 9.50. The van der Waals surface area contributed by atoms with Crippen molar-refractivity contribution in [3.63, 3.8) is 0 Å². The highest BCUT2D eigenvalue weighted by molar-refractivity contribution is 4.81. The Morgan fingerprint density at radius 3 is 1.92 bits per heavy atom. The Morgan fingerprint density at radius 2 is 1.50 bits per heavy atom. The van der Waals surface area contributed by atoms with Crippen LogP contribution in [-0.2, 0) is 0 Å². The molecular formula is C11H23N. The molecule has 0 amide bonds. The third-order valence-electron chi connectivity index (χ3n) is 1.79. The Balaban J connectivity index is 3.60. The van der Waals surface area contributed by atoms with Crippen molar-refractivity contribution >= 4 is 0 Å². The molecule has 12 heavy (non-hydrogen) atoms. The van der Waals surface area contributed by atoms with Gasteiger partial charge >= 0.3 is 0 Å². The van der Waals surface area contributed by atoms with Crippen molar-refractivity contribution in [3.05, 3.63) is 12.3 Å². The van der Waals surface area contributed by atoms with Crippen LogP contribution < -0.4 is 0 Å². The maximum Gasteiger partial charge on any atom is 0.0169 e. The van der Waals surface area contributed by atoms with Crippen molar-refractivity contribution in [2.45, 2.75) is 46.5 Å². The molecule has 0 radical (unpaired) electrons. The van der Waals surface area contributed by atoms with Gasteiger partial charge in [-0.3, -0.25) is 0 Å². The van der Waals surface area contributed by atoms with Crippen LogP contribution in [0.2, 0.25) is 0 Å². The van der Waals surface area contributed by atoms with Gasteiger partial charge in [0.2, 0.25) is 0 Å². The lowest BCUT2D eigenvalue weighted by Gasteiger charge is -2.18. The van der Waals surface area contributed by atoms with Crippen molar-refractivity contribution in [3.8, 4) is 0 Å². The first-order valence-electron chi connectivity index (χ1n) is 5.25. The van der Waals surface area contributed by atoms with Gasteiger partial charge in [-0.05, 0) is 25.5 Å². The summed E-state index contributed by atoms with van der Waals surface area (Å²) in [5, 5.41) is 0. The SMILES string of the molecule is CCC/C=C/N(CCC)CCC. The standard InChI is InChI=1S/C11H23N/c1-4-7-8-11-12(9-5-2)10-6-3/h8,11H,4-7,9-10H2,1-3H3/b11-8+. The molecular weight excluding hydrogens is 146 g/mol. The molecule has 0 heterocycles. The third kappa shape index (κ3) is 6.26. The first-order valence-corrected chi connectivity index (χ1v) is 5.25. The molecule has 72 valence electrons. The molecule has 0 spiro atoms. The number of rotatable bonds is 7. The molecule has 0 N–H and O–H groups in total. The second-order valence-electron chi connectivity index (χ2n) is 3.21. The van der Waals surface area contributed by atoms with Crippen LogP contribution in [0, 0.1) is 0 Å². The van der Waals surface area contributed by atoms with Crippen LogP contribution in [0.4, 0.5) is 0 Å². The van der Waals surface area contributed by atoms with E-state index in [0.717, 1.165) is 0 Å². The van der Waals surface area contributed by atoms with Crippen LogP contribution in [0.3, 0.4) is 0 Å². The van der Waals surface area contributed by atoms with Gasteiger partial charge in [0.15, 0.2) is 0 Å². The quantitative estimate of drug-likeness (QED) is 0.564. The zero-order chi connectivity index (χ0) is 9.23. The number of allylic oxidation sites excluding steroid dienone is 1. The molecule has 0 aromatic rings. The second kappa shape index (κ2) is 8.63. The summed E-state index contributed by atoms with van der Waals surface area (Å²) < 4.78 is 0. The molecule has 0 aliphatic heterocycles. The molecule has 0 aromatic carbocycles. The van der Waals surface area contributed by atoms with E-state index in [0.29, 0.717) is 0 Å². The van der Waals surface area contributed by atoms with E-state index < -0.39 is 0 Å². The van der Waals surface area contributed by atoms with Crippen molar-refractivity contribution in [2.24, 2.45) is 0 Å². The average Bonchev–Trinajstić information content (AvgIpc) is 2.06. The van der Waals surface area contributed by atoms with Gasteiger partial charge in [-0.2, -0.15) is 0 Å². The molecule has 0 aliphatic carbocycles. The fraction of sp³-hybridized carbons (Fsp3) is 0.818. The first-order chi connectivity index (χ1) is 5.85. The minimum atomic E-state index is 1.20. The summed E-state index contributed by atoms with van der Waals surface area (Å²) in [6, 6.07) is 0. The Kier molecular flexibility index (Phi) is 8.30.